The van der Waals surface area contributed by atoms with Crippen molar-refractivity contribution >= 4 is 17.2 Å². The van der Waals surface area contributed by atoms with E-state index in [4.69, 9.17) is 11.3 Å². The van der Waals surface area contributed by atoms with Crippen LogP contribution in [-0.4, -0.2) is 22.0 Å². The van der Waals surface area contributed by atoms with Crippen LogP contribution in [0, 0.1) is 6.57 Å². The van der Waals surface area contributed by atoms with E-state index in [1.54, 1.807) is 25.1 Å². The summed E-state index contributed by atoms with van der Waals surface area (Å²) < 4.78 is 6.91. The lowest BCUT2D eigenvalue weighted by Gasteiger charge is -2.08. The summed E-state index contributed by atoms with van der Waals surface area (Å²) in [6.45, 7) is 9.16. The number of nitrogens with zero attached hydrogens (tertiary/aromatic N) is 3. The van der Waals surface area contributed by atoms with Crippen LogP contribution >= 0.6 is 0 Å². The SMILES string of the molecule is [C-]#[N+]c1cccc(-c2cn3cccc3c(C(=O)OCC)n2)c1. The number of benzene rings is 1. The van der Waals surface area contributed by atoms with E-state index in [1.165, 1.54) is 0 Å². The van der Waals surface area contributed by atoms with Gasteiger partial charge in [-0.2, -0.15) is 0 Å². The van der Waals surface area contributed by atoms with Gasteiger partial charge in [-0.3, -0.25) is 0 Å². The van der Waals surface area contributed by atoms with Crippen molar-refractivity contribution in [3.8, 4) is 11.3 Å². The molecule has 1 aromatic carbocycles. The third-order valence-corrected chi connectivity index (χ3v) is 3.25. The minimum absolute atomic E-state index is 0.276. The van der Waals surface area contributed by atoms with Gasteiger partial charge >= 0.3 is 5.97 Å². The molecule has 2 aromatic heterocycles. The molecule has 0 atom stereocenters. The number of ether oxygens (including phenoxy) is 1. The van der Waals surface area contributed by atoms with E-state index in [2.05, 4.69) is 9.83 Å². The van der Waals surface area contributed by atoms with Crippen molar-refractivity contribution in [2.75, 3.05) is 6.61 Å². The lowest BCUT2D eigenvalue weighted by Crippen LogP contribution is -2.10. The monoisotopic (exact) mass is 291 g/mol. The second-order valence-electron chi connectivity index (χ2n) is 4.66. The molecule has 0 bridgehead atoms. The van der Waals surface area contributed by atoms with Gasteiger partial charge in [0, 0.05) is 12.4 Å². The first kappa shape index (κ1) is 13.8. The first-order valence-electron chi connectivity index (χ1n) is 6.85. The van der Waals surface area contributed by atoms with Crippen molar-refractivity contribution in [2.45, 2.75) is 6.92 Å². The van der Waals surface area contributed by atoms with Crippen LogP contribution in [0.1, 0.15) is 17.4 Å². The van der Waals surface area contributed by atoms with E-state index in [0.29, 0.717) is 23.5 Å². The van der Waals surface area contributed by atoms with Crippen molar-refractivity contribution in [1.29, 1.82) is 0 Å². The molecule has 0 aliphatic rings. The standard InChI is InChI=1S/C17H13N3O2/c1-3-22-17(21)16-15-8-5-9-20(15)11-14(19-16)12-6-4-7-13(10-12)18-2/h4-11H,3H2,1H3. The molecule has 2 heterocycles. The zero-order valence-corrected chi connectivity index (χ0v) is 12.0. The molecule has 108 valence electrons. The number of hydrogen-bond acceptors (Lipinski definition) is 3. The average Bonchev–Trinajstić information content (AvgIpc) is 3.02. The van der Waals surface area contributed by atoms with Crippen molar-refractivity contribution in [3.63, 3.8) is 0 Å². The Morgan fingerprint density at radius 1 is 1.36 bits per heavy atom. The number of carbonyl (C=O) groups is 1. The first-order valence-corrected chi connectivity index (χ1v) is 6.85. The van der Waals surface area contributed by atoms with Crippen LogP contribution in [0.5, 0.6) is 0 Å². The van der Waals surface area contributed by atoms with Gasteiger partial charge in [-0.05, 0) is 30.7 Å². The normalized spacial score (nSPS) is 10.4. The molecule has 0 saturated heterocycles. The lowest BCUT2D eigenvalue weighted by molar-refractivity contribution is 0.0521. The van der Waals surface area contributed by atoms with Gasteiger partial charge in [-0.15, -0.1) is 0 Å². The fourth-order valence-corrected chi connectivity index (χ4v) is 2.27. The molecule has 0 amide bonds. The van der Waals surface area contributed by atoms with Crippen LogP contribution in [0.15, 0.2) is 48.8 Å². The fourth-order valence-electron chi connectivity index (χ4n) is 2.27. The molecule has 22 heavy (non-hydrogen) atoms. The van der Waals surface area contributed by atoms with Gasteiger partial charge in [-0.1, -0.05) is 18.2 Å². The molecule has 5 nitrogen and oxygen atoms in total. The summed E-state index contributed by atoms with van der Waals surface area (Å²) >= 11 is 0. The highest BCUT2D eigenvalue weighted by atomic mass is 16.5. The van der Waals surface area contributed by atoms with Crippen molar-refractivity contribution < 1.29 is 9.53 Å². The third-order valence-electron chi connectivity index (χ3n) is 3.25. The molecule has 0 fully saturated rings. The highest BCUT2D eigenvalue weighted by molar-refractivity contribution is 5.95. The number of hydrogen-bond donors (Lipinski definition) is 0. The maximum atomic E-state index is 12.1. The molecule has 0 aliphatic carbocycles. The Morgan fingerprint density at radius 2 is 2.23 bits per heavy atom. The van der Waals surface area contributed by atoms with E-state index in [-0.39, 0.29) is 5.69 Å². The molecule has 0 spiro atoms. The third kappa shape index (κ3) is 2.42. The number of carbonyl (C=O) groups excluding carboxylic acids is 1. The predicted octanol–water partition coefficient (Wildman–Crippen LogP) is 3.73. The Balaban J connectivity index is 2.18. The molecular weight excluding hydrogens is 278 g/mol. The molecule has 3 rings (SSSR count). The Hall–Kier alpha value is -3.13. The molecular formula is C17H13N3O2. The van der Waals surface area contributed by atoms with E-state index in [1.807, 2.05) is 35.0 Å². The van der Waals surface area contributed by atoms with Crippen molar-refractivity contribution in [3.05, 3.63) is 65.9 Å². The molecule has 3 aromatic rings. The summed E-state index contributed by atoms with van der Waals surface area (Å²) in [4.78, 5) is 20.0. The summed E-state index contributed by atoms with van der Waals surface area (Å²) in [5.41, 5.74) is 2.91. The fraction of sp³-hybridized carbons (Fsp3) is 0.118. The highest BCUT2D eigenvalue weighted by Crippen LogP contribution is 2.24. The second-order valence-corrected chi connectivity index (χ2v) is 4.66. The first-order chi connectivity index (χ1) is 10.7. The number of fused-ring (bicyclic) bond motifs is 1. The zero-order valence-electron chi connectivity index (χ0n) is 12.0. The Labute approximate surface area is 127 Å². The Bertz CT molecular complexity index is 890. The second kappa shape index (κ2) is 5.70. The maximum absolute atomic E-state index is 12.1. The summed E-state index contributed by atoms with van der Waals surface area (Å²) in [5.74, 6) is -0.450. The van der Waals surface area contributed by atoms with Crippen molar-refractivity contribution in [1.82, 2.24) is 9.38 Å². The minimum Gasteiger partial charge on any atom is -0.461 e. The van der Waals surface area contributed by atoms with Crippen LogP contribution in [0.25, 0.3) is 21.6 Å². The molecule has 0 saturated carbocycles. The van der Waals surface area contributed by atoms with Crippen LogP contribution in [-0.2, 0) is 4.74 Å². The van der Waals surface area contributed by atoms with Gasteiger partial charge in [-0.25, -0.2) is 14.6 Å². The molecule has 0 aliphatic heterocycles. The average molecular weight is 291 g/mol. The zero-order chi connectivity index (χ0) is 15.5. The Morgan fingerprint density at radius 3 is 3.00 bits per heavy atom. The van der Waals surface area contributed by atoms with E-state index in [0.717, 1.165) is 5.56 Å². The summed E-state index contributed by atoms with van der Waals surface area (Å²) in [5, 5.41) is 0. The molecule has 0 radical (unpaired) electrons. The van der Waals surface area contributed by atoms with E-state index >= 15 is 0 Å². The van der Waals surface area contributed by atoms with Gasteiger partial charge < -0.3 is 9.14 Å². The smallest absolute Gasteiger partial charge is 0.359 e. The Kier molecular flexibility index (Phi) is 3.58. The number of rotatable bonds is 3. The quantitative estimate of drug-likeness (QED) is 0.545. The van der Waals surface area contributed by atoms with Gasteiger partial charge in [0.05, 0.1) is 24.4 Å². The number of aromatic nitrogens is 2. The predicted molar refractivity (Wildman–Crippen MR) is 82.8 cm³/mol. The minimum atomic E-state index is -0.450. The highest BCUT2D eigenvalue weighted by Gasteiger charge is 2.16. The van der Waals surface area contributed by atoms with Crippen LogP contribution in [0.4, 0.5) is 5.69 Å². The van der Waals surface area contributed by atoms with Crippen LogP contribution in [0.2, 0.25) is 0 Å². The lowest BCUT2D eigenvalue weighted by atomic mass is 10.1. The van der Waals surface area contributed by atoms with Gasteiger partial charge in [0.25, 0.3) is 0 Å². The summed E-state index contributed by atoms with van der Waals surface area (Å²) in [7, 11) is 0. The van der Waals surface area contributed by atoms with Crippen LogP contribution in [0.3, 0.4) is 0 Å². The summed E-state index contributed by atoms with van der Waals surface area (Å²) in [6, 6.07) is 10.8. The number of esters is 1. The van der Waals surface area contributed by atoms with Crippen LogP contribution < -0.4 is 0 Å². The maximum Gasteiger partial charge on any atom is 0.359 e. The largest absolute Gasteiger partial charge is 0.461 e. The van der Waals surface area contributed by atoms with Gasteiger partial charge in [0.1, 0.15) is 0 Å². The van der Waals surface area contributed by atoms with Gasteiger partial charge in [0.15, 0.2) is 11.4 Å². The van der Waals surface area contributed by atoms with E-state index < -0.39 is 5.97 Å². The molecule has 5 heteroatoms. The topological polar surface area (TPSA) is 48.0 Å². The molecule has 0 unspecified atom stereocenters. The van der Waals surface area contributed by atoms with Gasteiger partial charge in [0.2, 0.25) is 0 Å². The van der Waals surface area contributed by atoms with E-state index in [9.17, 15) is 4.79 Å². The van der Waals surface area contributed by atoms with Crippen molar-refractivity contribution in [2.24, 2.45) is 0 Å². The summed E-state index contributed by atoms with van der Waals surface area (Å²) in [6.07, 6.45) is 3.68. The molecule has 0 N–H and O–H groups in total.